The minimum atomic E-state index is -0.330. The van der Waals surface area contributed by atoms with Gasteiger partial charge < -0.3 is 9.47 Å². The molecule has 0 radical (unpaired) electrons. The molecule has 0 bridgehead atoms. The number of benzene rings is 4. The van der Waals surface area contributed by atoms with E-state index >= 15 is 0 Å². The fourth-order valence-electron chi connectivity index (χ4n) is 3.95. The predicted molar refractivity (Wildman–Crippen MR) is 157 cm³/mol. The van der Waals surface area contributed by atoms with Gasteiger partial charge in [-0.1, -0.05) is 61.2 Å². The maximum Gasteiger partial charge on any atom is 0.271 e. The highest BCUT2D eigenvalue weighted by atomic mass is 16.5. The van der Waals surface area contributed by atoms with Crippen molar-refractivity contribution in [2.75, 3.05) is 6.61 Å². The lowest BCUT2D eigenvalue weighted by atomic mass is 10.1. The van der Waals surface area contributed by atoms with Gasteiger partial charge in [0, 0.05) is 22.9 Å². The number of nitrogens with one attached hydrogen (secondary N) is 1. The fourth-order valence-corrected chi connectivity index (χ4v) is 3.95. The molecule has 7 nitrogen and oxygen atoms in total. The number of rotatable bonds is 11. The SMILES string of the molecule is C=CCOc1ccc(C(=O)N/N=C/c2cn(-c3ccccc3)nc2-c2ccc(OCc3ccccc3)cc2)cc1. The van der Waals surface area contributed by atoms with Crippen LogP contribution >= 0.6 is 0 Å². The normalized spacial score (nSPS) is 10.8. The van der Waals surface area contributed by atoms with Crippen LogP contribution in [0, 0.1) is 0 Å². The Kier molecular flexibility index (Phi) is 8.44. The number of amides is 1. The second-order valence-corrected chi connectivity index (χ2v) is 8.84. The van der Waals surface area contributed by atoms with Crippen LogP contribution in [0.1, 0.15) is 21.5 Å². The minimum absolute atomic E-state index is 0.330. The van der Waals surface area contributed by atoms with Crippen LogP contribution in [-0.2, 0) is 6.61 Å². The zero-order valence-corrected chi connectivity index (χ0v) is 21.8. The van der Waals surface area contributed by atoms with Gasteiger partial charge in [0.25, 0.3) is 5.91 Å². The van der Waals surface area contributed by atoms with E-state index in [1.807, 2.05) is 91.1 Å². The van der Waals surface area contributed by atoms with Crippen molar-refractivity contribution in [1.82, 2.24) is 15.2 Å². The van der Waals surface area contributed by atoms with Gasteiger partial charge in [0.2, 0.25) is 0 Å². The summed E-state index contributed by atoms with van der Waals surface area (Å²) in [6.45, 7) is 4.52. The van der Waals surface area contributed by atoms with Crippen molar-refractivity contribution in [1.29, 1.82) is 0 Å². The lowest BCUT2D eigenvalue weighted by molar-refractivity contribution is 0.0955. The smallest absolute Gasteiger partial charge is 0.271 e. The van der Waals surface area contributed by atoms with Crippen LogP contribution in [0.25, 0.3) is 16.9 Å². The van der Waals surface area contributed by atoms with Crippen LogP contribution in [0.4, 0.5) is 0 Å². The van der Waals surface area contributed by atoms with Crippen molar-refractivity contribution >= 4 is 12.1 Å². The van der Waals surface area contributed by atoms with Gasteiger partial charge >= 0.3 is 0 Å². The average Bonchev–Trinajstić information content (AvgIpc) is 3.44. The Bertz CT molecular complexity index is 1580. The Morgan fingerprint density at radius 3 is 2.20 bits per heavy atom. The molecule has 4 aromatic carbocycles. The third kappa shape index (κ3) is 6.71. The van der Waals surface area contributed by atoms with Gasteiger partial charge in [-0.25, -0.2) is 10.1 Å². The van der Waals surface area contributed by atoms with Gasteiger partial charge in [-0.2, -0.15) is 10.2 Å². The van der Waals surface area contributed by atoms with E-state index in [-0.39, 0.29) is 5.91 Å². The third-order valence-electron chi connectivity index (χ3n) is 5.99. The lowest BCUT2D eigenvalue weighted by Gasteiger charge is -2.07. The van der Waals surface area contributed by atoms with Crippen LogP contribution in [0.15, 0.2) is 133 Å². The Morgan fingerprint density at radius 2 is 1.50 bits per heavy atom. The number of ether oxygens (including phenoxy) is 2. The highest BCUT2D eigenvalue weighted by molar-refractivity contribution is 5.95. The van der Waals surface area contributed by atoms with Gasteiger partial charge in [-0.3, -0.25) is 4.79 Å². The molecule has 0 aliphatic carbocycles. The molecule has 0 aliphatic heterocycles. The Morgan fingerprint density at radius 1 is 0.850 bits per heavy atom. The van der Waals surface area contributed by atoms with Crippen molar-refractivity contribution in [3.8, 4) is 28.4 Å². The topological polar surface area (TPSA) is 77.7 Å². The van der Waals surface area contributed by atoms with E-state index in [1.54, 1.807) is 41.2 Å². The Hall–Kier alpha value is -5.43. The molecule has 5 rings (SSSR count). The predicted octanol–water partition coefficient (Wildman–Crippen LogP) is 6.45. The molecule has 0 spiro atoms. The molecule has 0 fully saturated rings. The van der Waals surface area contributed by atoms with Gasteiger partial charge in [-0.05, 0) is 66.2 Å². The second kappa shape index (κ2) is 12.9. The van der Waals surface area contributed by atoms with E-state index in [2.05, 4.69) is 17.1 Å². The summed E-state index contributed by atoms with van der Waals surface area (Å²) >= 11 is 0. The molecule has 198 valence electrons. The van der Waals surface area contributed by atoms with Crippen molar-refractivity contribution in [3.05, 3.63) is 145 Å². The van der Waals surface area contributed by atoms with Crippen LogP contribution in [0.3, 0.4) is 0 Å². The molecule has 0 saturated heterocycles. The summed E-state index contributed by atoms with van der Waals surface area (Å²) < 4.78 is 13.2. The molecule has 5 aromatic rings. The summed E-state index contributed by atoms with van der Waals surface area (Å²) in [5.74, 6) is 1.09. The molecule has 1 heterocycles. The highest BCUT2D eigenvalue weighted by Crippen LogP contribution is 2.25. The average molecular weight is 529 g/mol. The summed E-state index contributed by atoms with van der Waals surface area (Å²) in [4.78, 5) is 12.6. The van der Waals surface area contributed by atoms with Crippen LogP contribution in [0.2, 0.25) is 0 Å². The minimum Gasteiger partial charge on any atom is -0.490 e. The second-order valence-electron chi connectivity index (χ2n) is 8.84. The third-order valence-corrected chi connectivity index (χ3v) is 5.99. The summed E-state index contributed by atoms with van der Waals surface area (Å²) in [5.41, 5.74) is 7.44. The van der Waals surface area contributed by atoms with E-state index in [0.717, 1.165) is 33.8 Å². The van der Waals surface area contributed by atoms with E-state index in [4.69, 9.17) is 14.6 Å². The fraction of sp³-hybridized carbons (Fsp3) is 0.0606. The van der Waals surface area contributed by atoms with Gasteiger partial charge in [-0.15, -0.1) is 0 Å². The van der Waals surface area contributed by atoms with Crippen molar-refractivity contribution in [2.24, 2.45) is 5.10 Å². The van der Waals surface area contributed by atoms with Gasteiger partial charge in [0.05, 0.1) is 11.9 Å². The van der Waals surface area contributed by atoms with E-state index < -0.39 is 0 Å². The monoisotopic (exact) mass is 528 g/mol. The first-order valence-electron chi connectivity index (χ1n) is 12.8. The van der Waals surface area contributed by atoms with Gasteiger partial charge in [0.1, 0.15) is 30.4 Å². The number of nitrogens with zero attached hydrogens (tertiary/aromatic N) is 3. The molecule has 1 amide bonds. The number of aromatic nitrogens is 2. The molecule has 0 aliphatic rings. The standard InChI is InChI=1S/C33H28N4O3/c1-2-21-39-30-19-15-27(16-20-30)33(38)35-34-22-28-23-37(29-11-7-4-8-12-29)36-32(28)26-13-17-31(18-14-26)40-24-25-9-5-3-6-10-25/h2-20,22-23H,1,21,24H2,(H,35,38)/b34-22+. The van der Waals surface area contributed by atoms with Crippen LogP contribution in [-0.4, -0.2) is 28.5 Å². The first-order valence-corrected chi connectivity index (χ1v) is 12.8. The van der Waals surface area contributed by atoms with Crippen LogP contribution in [0.5, 0.6) is 11.5 Å². The first kappa shape index (κ1) is 26.2. The molecule has 40 heavy (non-hydrogen) atoms. The highest BCUT2D eigenvalue weighted by Gasteiger charge is 2.12. The molecule has 0 atom stereocenters. The molecule has 1 aromatic heterocycles. The molecule has 7 heteroatoms. The zero-order valence-electron chi connectivity index (χ0n) is 21.8. The number of hydrogen-bond acceptors (Lipinski definition) is 5. The molecular weight excluding hydrogens is 500 g/mol. The lowest BCUT2D eigenvalue weighted by Crippen LogP contribution is -2.17. The first-order chi connectivity index (χ1) is 19.7. The van der Waals surface area contributed by atoms with Crippen LogP contribution < -0.4 is 14.9 Å². The van der Waals surface area contributed by atoms with Gasteiger partial charge in [0.15, 0.2) is 0 Å². The maximum absolute atomic E-state index is 12.6. The van der Waals surface area contributed by atoms with Crippen molar-refractivity contribution < 1.29 is 14.3 Å². The zero-order chi connectivity index (χ0) is 27.6. The Labute approximate surface area is 233 Å². The number of carbonyl (C=O) groups excluding carboxylic acids is 1. The molecule has 1 N–H and O–H groups in total. The Balaban J connectivity index is 1.33. The molecule has 0 unspecified atom stereocenters. The van der Waals surface area contributed by atoms with Crippen molar-refractivity contribution in [2.45, 2.75) is 6.61 Å². The number of para-hydroxylation sites is 1. The summed E-state index contributed by atoms with van der Waals surface area (Å²) in [7, 11) is 0. The summed E-state index contributed by atoms with van der Waals surface area (Å²) in [6, 6.07) is 34.4. The van der Waals surface area contributed by atoms with Crippen molar-refractivity contribution in [3.63, 3.8) is 0 Å². The van der Waals surface area contributed by atoms with E-state index in [9.17, 15) is 4.79 Å². The quantitative estimate of drug-likeness (QED) is 0.121. The maximum atomic E-state index is 12.6. The molecule has 0 saturated carbocycles. The summed E-state index contributed by atoms with van der Waals surface area (Å²) in [5, 5.41) is 9.03. The number of carbonyl (C=O) groups is 1. The number of hydrogen-bond donors (Lipinski definition) is 1. The largest absolute Gasteiger partial charge is 0.490 e. The van der Waals surface area contributed by atoms with E-state index in [0.29, 0.717) is 24.5 Å². The van der Waals surface area contributed by atoms with E-state index in [1.165, 1.54) is 0 Å². The summed E-state index contributed by atoms with van der Waals surface area (Å²) in [6.07, 6.45) is 5.14. The number of hydrazone groups is 1. The molecular formula is C33H28N4O3.